The van der Waals surface area contributed by atoms with E-state index in [0.717, 1.165) is 37.0 Å². The third-order valence-corrected chi connectivity index (χ3v) is 3.42. The Hall–Kier alpha value is -1.40. The molecule has 1 fully saturated rings. The van der Waals surface area contributed by atoms with Crippen LogP contribution in [0.25, 0.3) is 0 Å². The molecule has 0 bridgehead atoms. The van der Waals surface area contributed by atoms with Gasteiger partial charge >= 0.3 is 12.0 Å². The zero-order valence-corrected chi connectivity index (χ0v) is 10.9. The zero-order chi connectivity index (χ0) is 14.4. The Morgan fingerprint density at radius 2 is 1.89 bits per heavy atom. The lowest BCUT2D eigenvalue weighted by molar-refractivity contribution is -0.141. The Kier molecular flexibility index (Phi) is 5.98. The quantitative estimate of drug-likeness (QED) is 0.807. The second-order valence-corrected chi connectivity index (χ2v) is 4.94. The van der Waals surface area contributed by atoms with E-state index in [-0.39, 0.29) is 5.92 Å². The van der Waals surface area contributed by atoms with Crippen LogP contribution in [0.15, 0.2) is 0 Å². The minimum Gasteiger partial charge on any atom is -0.480 e. The maximum Gasteiger partial charge on any atom is 0.326 e. The first kappa shape index (κ1) is 15.7. The number of carboxylic acid groups (broad SMARTS) is 1. The van der Waals surface area contributed by atoms with Gasteiger partial charge in [-0.3, -0.25) is 0 Å². The van der Waals surface area contributed by atoms with E-state index in [4.69, 9.17) is 5.11 Å². The van der Waals surface area contributed by atoms with Crippen LogP contribution in [-0.2, 0) is 4.79 Å². The number of aliphatic carboxylic acids is 1. The summed E-state index contributed by atoms with van der Waals surface area (Å²) in [6.07, 6.45) is 1.82. The van der Waals surface area contributed by atoms with E-state index in [1.807, 2.05) is 0 Å². The number of nitrogens with one attached hydrogen (secondary N) is 1. The molecule has 1 aliphatic carbocycles. The van der Waals surface area contributed by atoms with Crippen molar-refractivity contribution in [1.29, 1.82) is 0 Å². The van der Waals surface area contributed by atoms with E-state index in [1.165, 1.54) is 7.05 Å². The van der Waals surface area contributed by atoms with Gasteiger partial charge in [-0.2, -0.15) is 0 Å². The normalized spacial score (nSPS) is 18.1. The summed E-state index contributed by atoms with van der Waals surface area (Å²) >= 11 is 0. The van der Waals surface area contributed by atoms with Crippen LogP contribution in [0.4, 0.5) is 13.6 Å². The number of halogens is 2. The van der Waals surface area contributed by atoms with Gasteiger partial charge in [-0.25, -0.2) is 18.4 Å². The molecule has 0 radical (unpaired) electrons. The predicted molar refractivity (Wildman–Crippen MR) is 65.2 cm³/mol. The second-order valence-electron chi connectivity index (χ2n) is 4.94. The standard InChI is InChI=1S/C12H20F2N2O3/c1-16(7-9(13)14)12(19)15-10(11(17)18)8-5-3-2-4-6-8/h8-10H,2-7H2,1H3,(H,15,19)(H,17,18). The molecule has 0 aliphatic heterocycles. The second kappa shape index (κ2) is 7.25. The number of carboxylic acids is 1. The summed E-state index contributed by atoms with van der Waals surface area (Å²) in [5, 5.41) is 11.5. The molecule has 19 heavy (non-hydrogen) atoms. The summed E-state index contributed by atoms with van der Waals surface area (Å²) in [5.74, 6) is -1.22. The molecule has 5 nitrogen and oxygen atoms in total. The van der Waals surface area contributed by atoms with Crippen molar-refractivity contribution >= 4 is 12.0 Å². The average Bonchev–Trinajstić information content (AvgIpc) is 2.35. The summed E-state index contributed by atoms with van der Waals surface area (Å²) in [6.45, 7) is -0.706. The number of carbonyl (C=O) groups is 2. The maximum atomic E-state index is 12.2. The lowest BCUT2D eigenvalue weighted by Crippen LogP contribution is -2.51. The van der Waals surface area contributed by atoms with Crippen LogP contribution in [0.2, 0.25) is 0 Å². The molecule has 0 spiro atoms. The maximum absolute atomic E-state index is 12.2. The van der Waals surface area contributed by atoms with Crippen molar-refractivity contribution in [3.63, 3.8) is 0 Å². The first-order valence-corrected chi connectivity index (χ1v) is 6.44. The summed E-state index contributed by atoms with van der Waals surface area (Å²) in [5.41, 5.74) is 0. The average molecular weight is 278 g/mol. The van der Waals surface area contributed by atoms with E-state index in [9.17, 15) is 18.4 Å². The molecule has 0 aromatic rings. The van der Waals surface area contributed by atoms with Gasteiger partial charge in [0.05, 0.1) is 6.54 Å². The van der Waals surface area contributed by atoms with Gasteiger partial charge in [0.25, 0.3) is 6.43 Å². The van der Waals surface area contributed by atoms with Crippen LogP contribution >= 0.6 is 0 Å². The van der Waals surface area contributed by atoms with Crippen LogP contribution in [0.3, 0.4) is 0 Å². The van der Waals surface area contributed by atoms with E-state index in [1.54, 1.807) is 0 Å². The van der Waals surface area contributed by atoms with Crippen molar-refractivity contribution in [3.05, 3.63) is 0 Å². The van der Waals surface area contributed by atoms with Crippen LogP contribution in [-0.4, -0.2) is 48.1 Å². The number of carbonyl (C=O) groups excluding carboxylic acids is 1. The van der Waals surface area contributed by atoms with Crippen LogP contribution in [0.5, 0.6) is 0 Å². The Labute approximate surface area is 111 Å². The van der Waals surface area contributed by atoms with Crippen LogP contribution < -0.4 is 5.32 Å². The molecule has 1 aliphatic rings. The number of amides is 2. The van der Waals surface area contributed by atoms with Gasteiger partial charge in [-0.1, -0.05) is 19.3 Å². The van der Waals surface area contributed by atoms with Crippen molar-refractivity contribution in [3.8, 4) is 0 Å². The highest BCUT2D eigenvalue weighted by atomic mass is 19.3. The molecular formula is C12H20F2N2O3. The van der Waals surface area contributed by atoms with Crippen LogP contribution in [0, 0.1) is 5.92 Å². The van der Waals surface area contributed by atoms with E-state index >= 15 is 0 Å². The Bertz CT molecular complexity index is 320. The smallest absolute Gasteiger partial charge is 0.326 e. The highest BCUT2D eigenvalue weighted by Crippen LogP contribution is 2.26. The third kappa shape index (κ3) is 5.00. The largest absolute Gasteiger partial charge is 0.480 e. The van der Waals surface area contributed by atoms with Gasteiger partial charge in [0.2, 0.25) is 0 Å². The highest BCUT2D eigenvalue weighted by Gasteiger charge is 2.31. The molecule has 1 rings (SSSR count). The lowest BCUT2D eigenvalue weighted by atomic mass is 9.84. The Morgan fingerprint density at radius 3 is 2.37 bits per heavy atom. The molecule has 1 saturated carbocycles. The number of alkyl halides is 2. The Balaban J connectivity index is 2.57. The summed E-state index contributed by atoms with van der Waals surface area (Å²) in [6, 6.07) is -1.76. The minimum atomic E-state index is -2.63. The molecular weight excluding hydrogens is 258 g/mol. The topological polar surface area (TPSA) is 69.6 Å². The SMILES string of the molecule is CN(CC(F)F)C(=O)NC(C(=O)O)C1CCCCC1. The molecule has 2 amide bonds. The fourth-order valence-electron chi connectivity index (χ4n) is 2.38. The minimum absolute atomic E-state index is 0.116. The lowest BCUT2D eigenvalue weighted by Gasteiger charge is -2.29. The fourth-order valence-corrected chi connectivity index (χ4v) is 2.38. The van der Waals surface area contributed by atoms with Crippen LogP contribution in [0.1, 0.15) is 32.1 Å². The molecule has 1 atom stereocenters. The molecule has 0 saturated heterocycles. The fraction of sp³-hybridized carbons (Fsp3) is 0.833. The Morgan fingerprint density at radius 1 is 1.32 bits per heavy atom. The van der Waals surface area contributed by atoms with E-state index in [2.05, 4.69) is 5.32 Å². The van der Waals surface area contributed by atoms with Crippen molar-refractivity contribution in [2.45, 2.75) is 44.6 Å². The molecule has 1 unspecified atom stereocenters. The third-order valence-electron chi connectivity index (χ3n) is 3.42. The van der Waals surface area contributed by atoms with Gasteiger partial charge in [0.15, 0.2) is 0 Å². The van der Waals surface area contributed by atoms with Crippen molar-refractivity contribution in [1.82, 2.24) is 10.2 Å². The van der Waals surface area contributed by atoms with Gasteiger partial charge in [-0.05, 0) is 18.8 Å². The number of hydrogen-bond donors (Lipinski definition) is 2. The molecule has 0 aromatic heterocycles. The molecule has 2 N–H and O–H groups in total. The number of urea groups is 1. The van der Waals surface area contributed by atoms with E-state index in [0.29, 0.717) is 0 Å². The first-order valence-electron chi connectivity index (χ1n) is 6.44. The van der Waals surface area contributed by atoms with Crippen molar-refractivity contribution < 1.29 is 23.5 Å². The number of hydrogen-bond acceptors (Lipinski definition) is 2. The number of nitrogens with zero attached hydrogens (tertiary/aromatic N) is 1. The van der Waals surface area contributed by atoms with Crippen molar-refractivity contribution in [2.24, 2.45) is 5.92 Å². The molecule has 0 heterocycles. The highest BCUT2D eigenvalue weighted by molar-refractivity contribution is 5.82. The van der Waals surface area contributed by atoms with Gasteiger partial charge in [0.1, 0.15) is 6.04 Å². The molecule has 7 heteroatoms. The molecule has 0 aromatic carbocycles. The zero-order valence-electron chi connectivity index (χ0n) is 10.9. The monoisotopic (exact) mass is 278 g/mol. The summed E-state index contributed by atoms with van der Waals surface area (Å²) < 4.78 is 24.3. The number of rotatable bonds is 5. The predicted octanol–water partition coefficient (Wildman–Crippen LogP) is 1.93. The summed E-state index contributed by atoms with van der Waals surface area (Å²) in [7, 11) is 1.22. The van der Waals surface area contributed by atoms with Gasteiger partial charge in [0, 0.05) is 7.05 Å². The van der Waals surface area contributed by atoms with Gasteiger partial charge in [-0.15, -0.1) is 0 Å². The van der Waals surface area contributed by atoms with E-state index < -0.39 is 31.0 Å². The summed E-state index contributed by atoms with van der Waals surface area (Å²) in [4.78, 5) is 23.7. The van der Waals surface area contributed by atoms with Crippen molar-refractivity contribution in [2.75, 3.05) is 13.6 Å². The van der Waals surface area contributed by atoms with Gasteiger partial charge < -0.3 is 15.3 Å². The first-order chi connectivity index (χ1) is 8.91. The molecule has 110 valence electrons.